The van der Waals surface area contributed by atoms with Crippen LogP contribution in [0.15, 0.2) is 40.1 Å². The first-order chi connectivity index (χ1) is 20.7. The van der Waals surface area contributed by atoms with Crippen LogP contribution in [0, 0.1) is 16.7 Å². The molecule has 1 aliphatic heterocycles. The molecule has 2 atom stereocenters. The second-order valence-corrected chi connectivity index (χ2v) is 12.0. The number of aliphatic imine (C=N–C) groups is 1. The molecule has 0 radical (unpaired) electrons. The molecule has 1 aliphatic carbocycles. The number of nitrogens with one attached hydrogen (secondary N) is 3. The van der Waals surface area contributed by atoms with Crippen LogP contribution in [0.2, 0.25) is 0 Å². The van der Waals surface area contributed by atoms with Gasteiger partial charge in [-0.25, -0.2) is 14.8 Å². The highest BCUT2D eigenvalue weighted by Crippen LogP contribution is 2.30. The number of esters is 1. The molecule has 3 N–H and O–H groups in total. The zero-order chi connectivity index (χ0) is 31.2. The number of carbonyl (C=O) groups is 1. The van der Waals surface area contributed by atoms with Gasteiger partial charge in [0.15, 0.2) is 6.10 Å². The smallest absolute Gasteiger partial charge is 0.334 e. The van der Waals surface area contributed by atoms with Crippen molar-refractivity contribution in [2.45, 2.75) is 90.4 Å². The van der Waals surface area contributed by atoms with Gasteiger partial charge in [-0.05, 0) is 91.1 Å². The summed E-state index contributed by atoms with van der Waals surface area (Å²) in [5.74, 6) is 0.999. The largest absolute Gasteiger partial charge is 0.464 e. The molecule has 2 heterocycles. The van der Waals surface area contributed by atoms with Gasteiger partial charge in [0.25, 0.3) is 0 Å². The molecule has 0 bridgehead atoms. The second-order valence-electron chi connectivity index (χ2n) is 11.4. The number of anilines is 1. The highest BCUT2D eigenvalue weighted by atomic mass is 35.5. The second kappa shape index (κ2) is 17.4. The number of nitrogens with zero attached hydrogens (tertiary/aromatic N) is 3. The van der Waals surface area contributed by atoms with Crippen LogP contribution in [0.3, 0.4) is 0 Å². The van der Waals surface area contributed by atoms with Crippen LogP contribution in [-0.4, -0.2) is 74.9 Å². The fourth-order valence-corrected chi connectivity index (χ4v) is 5.48. The van der Waals surface area contributed by atoms with E-state index < -0.39 is 11.5 Å². The predicted octanol–water partition coefficient (Wildman–Crippen LogP) is 5.17. The molecule has 236 valence electrons. The van der Waals surface area contributed by atoms with Gasteiger partial charge < -0.3 is 30.2 Å². The monoisotopic (exact) mass is 614 g/mol. The minimum absolute atomic E-state index is 0.121. The van der Waals surface area contributed by atoms with Crippen molar-refractivity contribution in [2.75, 3.05) is 38.3 Å². The maximum Gasteiger partial charge on any atom is 0.334 e. The molecule has 0 spiro atoms. The zero-order valence-electron chi connectivity index (χ0n) is 26.0. The van der Waals surface area contributed by atoms with E-state index >= 15 is 0 Å². The van der Waals surface area contributed by atoms with E-state index in [1.807, 2.05) is 31.2 Å². The number of ether oxygens (including phenoxy) is 3. The lowest BCUT2D eigenvalue weighted by atomic mass is 9.82. The van der Waals surface area contributed by atoms with E-state index in [4.69, 9.17) is 30.8 Å². The van der Waals surface area contributed by atoms with Crippen molar-refractivity contribution in [2.24, 2.45) is 10.4 Å². The third-order valence-electron chi connectivity index (χ3n) is 7.96. The molecular weight excluding hydrogens is 568 g/mol. The Labute approximate surface area is 261 Å². The van der Waals surface area contributed by atoms with Gasteiger partial charge in [0, 0.05) is 48.5 Å². The molecule has 2 aliphatic rings. The molecule has 0 aromatic carbocycles. The molecule has 1 saturated heterocycles. The summed E-state index contributed by atoms with van der Waals surface area (Å²) in [5.41, 5.74) is 1.01. The molecule has 1 saturated carbocycles. The van der Waals surface area contributed by atoms with Crippen LogP contribution in [-0.2, 0) is 19.0 Å². The van der Waals surface area contributed by atoms with Crippen molar-refractivity contribution < 1.29 is 19.0 Å². The molecule has 3 rings (SSSR count). The summed E-state index contributed by atoms with van der Waals surface area (Å²) in [5, 5.41) is 20.9. The van der Waals surface area contributed by atoms with E-state index in [0.29, 0.717) is 74.2 Å². The first kappa shape index (κ1) is 34.5. The minimum Gasteiger partial charge on any atom is -0.464 e. The Balaban J connectivity index is 1.54. The van der Waals surface area contributed by atoms with Gasteiger partial charge in [-0.3, -0.25) is 0 Å². The van der Waals surface area contributed by atoms with E-state index in [9.17, 15) is 10.1 Å². The molecule has 1 aromatic rings. The number of carbonyl (C=O) groups excluding carboxylic acids is 1. The molecule has 11 heteroatoms. The Hall–Kier alpha value is -2.97. The predicted molar refractivity (Wildman–Crippen MR) is 171 cm³/mol. The van der Waals surface area contributed by atoms with Gasteiger partial charge in [-0.1, -0.05) is 17.7 Å². The molecule has 1 aromatic heterocycles. The third kappa shape index (κ3) is 10.9. The van der Waals surface area contributed by atoms with Gasteiger partial charge in [-0.15, -0.1) is 0 Å². The van der Waals surface area contributed by atoms with E-state index in [0.717, 1.165) is 31.3 Å². The van der Waals surface area contributed by atoms with E-state index in [1.54, 1.807) is 13.8 Å². The minimum atomic E-state index is -0.571. The first-order valence-electron chi connectivity index (χ1n) is 15.2. The van der Waals surface area contributed by atoms with Crippen LogP contribution in [0.4, 0.5) is 5.82 Å². The molecule has 2 fully saturated rings. The molecule has 43 heavy (non-hydrogen) atoms. The number of nitriles is 1. The van der Waals surface area contributed by atoms with Crippen molar-refractivity contribution in [3.63, 3.8) is 0 Å². The summed E-state index contributed by atoms with van der Waals surface area (Å²) in [7, 11) is 0. The van der Waals surface area contributed by atoms with Crippen LogP contribution in [0.1, 0.15) is 71.9 Å². The fraction of sp³-hybridized carbons (Fsp3) is 0.625. The Bertz CT molecular complexity index is 1160. The van der Waals surface area contributed by atoms with Gasteiger partial charge in [0.05, 0.1) is 30.4 Å². The number of pyridine rings is 1. The van der Waals surface area contributed by atoms with Crippen LogP contribution in [0.5, 0.6) is 0 Å². The Morgan fingerprint density at radius 1 is 1.28 bits per heavy atom. The number of allylic oxidation sites excluding steroid dienone is 3. The molecule has 10 nitrogen and oxygen atoms in total. The SMILES string of the molecule is C=N/C(=C\C(=C(/C)Cl)c1cccc(NCC2(C#N)CCOCC2)n1)N[C@H]1CC[C@H](N[C@@H](C)CO[C@@H](C)C(=O)OCC)CC1. The van der Waals surface area contributed by atoms with Crippen LogP contribution >= 0.6 is 11.6 Å². The number of hydrogen-bond donors (Lipinski definition) is 3. The van der Waals surface area contributed by atoms with Crippen molar-refractivity contribution in [3.8, 4) is 6.07 Å². The lowest BCUT2D eigenvalue weighted by molar-refractivity contribution is -0.155. The van der Waals surface area contributed by atoms with Crippen LogP contribution < -0.4 is 16.0 Å². The standard InChI is InChI=1S/C32H47ClN6O4/c1-6-42-31(40)24(4)43-19-22(2)37-25-10-12-26(13-11-25)38-30(35-5)18-27(23(3)33)28-8-7-9-29(39-28)36-21-32(20-34)14-16-41-17-15-32/h7-9,18,22,24-26,37-38H,5-6,10-17,19,21H2,1-4H3,(H,36,39)/b27-23-,30-18+/t22-,24-,25-,26-/m0/s1. The quantitative estimate of drug-likeness (QED) is 0.139. The average molecular weight is 615 g/mol. The summed E-state index contributed by atoms with van der Waals surface area (Å²) in [6, 6.07) is 8.96. The summed E-state index contributed by atoms with van der Waals surface area (Å²) >= 11 is 6.55. The van der Waals surface area contributed by atoms with E-state index in [1.165, 1.54) is 0 Å². The Morgan fingerprint density at radius 3 is 2.60 bits per heavy atom. The topological polar surface area (TPSA) is 130 Å². The van der Waals surface area contributed by atoms with Crippen LogP contribution in [0.25, 0.3) is 5.57 Å². The molecule has 0 amide bonds. The highest BCUT2D eigenvalue weighted by molar-refractivity contribution is 6.32. The number of aromatic nitrogens is 1. The van der Waals surface area contributed by atoms with Crippen molar-refractivity contribution in [3.05, 3.63) is 40.8 Å². The summed E-state index contributed by atoms with van der Waals surface area (Å²) in [6.45, 7) is 13.7. The maximum absolute atomic E-state index is 11.8. The van der Waals surface area contributed by atoms with Crippen molar-refractivity contribution >= 4 is 35.7 Å². The summed E-state index contributed by atoms with van der Waals surface area (Å²) in [4.78, 5) is 20.8. The summed E-state index contributed by atoms with van der Waals surface area (Å²) in [6.07, 6.45) is 6.67. The lowest BCUT2D eigenvalue weighted by Crippen LogP contribution is -2.44. The first-order valence-corrected chi connectivity index (χ1v) is 15.6. The number of hydrogen-bond acceptors (Lipinski definition) is 10. The van der Waals surface area contributed by atoms with E-state index in [2.05, 4.69) is 40.7 Å². The van der Waals surface area contributed by atoms with Gasteiger partial charge in [-0.2, -0.15) is 5.26 Å². The van der Waals surface area contributed by atoms with Gasteiger partial charge >= 0.3 is 5.97 Å². The Kier molecular flexibility index (Phi) is 13.9. The normalized spacial score (nSPS) is 22.4. The van der Waals surface area contributed by atoms with E-state index in [-0.39, 0.29) is 18.1 Å². The van der Waals surface area contributed by atoms with Gasteiger partial charge in [0.1, 0.15) is 11.6 Å². The Morgan fingerprint density at radius 2 is 1.98 bits per heavy atom. The number of halogens is 1. The molecular formula is C32H47ClN6O4. The number of rotatable bonds is 15. The van der Waals surface area contributed by atoms with Crippen molar-refractivity contribution in [1.82, 2.24) is 15.6 Å². The fourth-order valence-electron chi connectivity index (χ4n) is 5.33. The average Bonchev–Trinajstić information content (AvgIpc) is 3.02. The van der Waals surface area contributed by atoms with Gasteiger partial charge in [0.2, 0.25) is 0 Å². The highest BCUT2D eigenvalue weighted by Gasteiger charge is 2.32. The third-order valence-corrected chi connectivity index (χ3v) is 8.16. The maximum atomic E-state index is 11.8. The molecule has 0 unspecified atom stereocenters. The van der Waals surface area contributed by atoms with Crippen molar-refractivity contribution in [1.29, 1.82) is 5.26 Å². The lowest BCUT2D eigenvalue weighted by Gasteiger charge is -2.32. The zero-order valence-corrected chi connectivity index (χ0v) is 26.7. The summed E-state index contributed by atoms with van der Waals surface area (Å²) < 4.78 is 16.1.